The molecule has 0 bridgehead atoms. The molecule has 0 saturated carbocycles. The van der Waals surface area contributed by atoms with Gasteiger partial charge >= 0.3 is 0 Å². The van der Waals surface area contributed by atoms with E-state index in [4.69, 9.17) is 0 Å². The first-order chi connectivity index (χ1) is 6.45. The van der Waals surface area contributed by atoms with Crippen molar-refractivity contribution >= 4 is 16.8 Å². The molecule has 13 heavy (non-hydrogen) atoms. The van der Waals surface area contributed by atoms with Crippen molar-refractivity contribution in [3.8, 4) is 0 Å². The van der Waals surface area contributed by atoms with Crippen molar-refractivity contribution in [3.63, 3.8) is 0 Å². The molecular weight excluding hydrogens is 156 g/mol. The maximum absolute atomic E-state index is 2.16. The van der Waals surface area contributed by atoms with Crippen LogP contribution in [0, 0.1) is 6.42 Å². The summed E-state index contributed by atoms with van der Waals surface area (Å²) in [6.45, 7) is 0. The van der Waals surface area contributed by atoms with Gasteiger partial charge in [0, 0.05) is 6.42 Å². The third kappa shape index (κ3) is 0.919. The Morgan fingerprint density at radius 1 is 0.769 bits per heavy atom. The highest BCUT2D eigenvalue weighted by Gasteiger charge is 2.06. The highest BCUT2D eigenvalue weighted by Crippen LogP contribution is 2.28. The molecule has 0 aromatic heterocycles. The minimum Gasteiger partial charge on any atom is -0.0754 e. The first kappa shape index (κ1) is 6.90. The van der Waals surface area contributed by atoms with E-state index >= 15 is 0 Å². The van der Waals surface area contributed by atoms with Crippen LogP contribution in [0.25, 0.3) is 16.8 Å². The molecule has 0 atom stereocenters. The molecule has 2 aromatic carbocycles. The van der Waals surface area contributed by atoms with E-state index in [1.807, 2.05) is 0 Å². The Morgan fingerprint density at radius 3 is 2.38 bits per heavy atom. The fourth-order valence-corrected chi connectivity index (χ4v) is 1.93. The number of hydrogen-bond acceptors (Lipinski definition) is 0. The van der Waals surface area contributed by atoms with Gasteiger partial charge in [0.05, 0.1) is 0 Å². The van der Waals surface area contributed by atoms with Crippen molar-refractivity contribution in [2.24, 2.45) is 0 Å². The first-order valence-corrected chi connectivity index (χ1v) is 4.48. The Bertz CT molecular complexity index is 487. The van der Waals surface area contributed by atoms with E-state index in [9.17, 15) is 0 Å². The summed E-state index contributed by atoms with van der Waals surface area (Å²) >= 11 is 0. The van der Waals surface area contributed by atoms with Crippen LogP contribution in [0.5, 0.6) is 0 Å². The minimum absolute atomic E-state index is 1.33. The van der Waals surface area contributed by atoms with Gasteiger partial charge in [-0.25, -0.2) is 0 Å². The summed E-state index contributed by atoms with van der Waals surface area (Å²) in [6.07, 6.45) is 6.43. The molecule has 0 heteroatoms. The van der Waals surface area contributed by atoms with Crippen LogP contribution in [0.2, 0.25) is 0 Å². The van der Waals surface area contributed by atoms with E-state index in [-0.39, 0.29) is 0 Å². The molecule has 0 fully saturated rings. The molecule has 1 aliphatic rings. The second kappa shape index (κ2) is 2.46. The van der Waals surface area contributed by atoms with Crippen molar-refractivity contribution in [1.29, 1.82) is 0 Å². The van der Waals surface area contributed by atoms with E-state index in [0.717, 1.165) is 0 Å². The molecule has 0 nitrogen and oxygen atoms in total. The summed E-state index contributed by atoms with van der Waals surface area (Å²) in [7, 11) is 0. The van der Waals surface area contributed by atoms with Gasteiger partial charge < -0.3 is 0 Å². The minimum atomic E-state index is 1.33. The summed E-state index contributed by atoms with van der Waals surface area (Å²) in [4.78, 5) is 0. The quantitative estimate of drug-likeness (QED) is 0.561. The molecule has 0 unspecified atom stereocenters. The van der Waals surface area contributed by atoms with Gasteiger partial charge in [0.1, 0.15) is 0 Å². The first-order valence-electron chi connectivity index (χ1n) is 4.48. The van der Waals surface area contributed by atoms with Gasteiger partial charge in [-0.1, -0.05) is 48.6 Å². The largest absolute Gasteiger partial charge is 0.0754 e. The second-order valence-corrected chi connectivity index (χ2v) is 3.32. The van der Waals surface area contributed by atoms with Crippen LogP contribution in [0.1, 0.15) is 11.1 Å². The Labute approximate surface area is 77.5 Å². The van der Waals surface area contributed by atoms with Gasteiger partial charge in [-0.3, -0.25) is 0 Å². The van der Waals surface area contributed by atoms with Crippen LogP contribution in [0.3, 0.4) is 0 Å². The van der Waals surface area contributed by atoms with Gasteiger partial charge in [0.2, 0.25) is 0 Å². The lowest BCUT2D eigenvalue weighted by molar-refractivity contribution is 1.54. The molecule has 61 valence electrons. The lowest BCUT2D eigenvalue weighted by atomic mass is 9.93. The van der Waals surface area contributed by atoms with Gasteiger partial charge in [0.25, 0.3) is 0 Å². The smallest absolute Gasteiger partial charge is 0.0131 e. The standard InChI is InChI=1S/C13H9/c1-4-10-6-2-8-12-9-3-7-11(5-1)13(10)12/h1-9H. The average Bonchev–Trinajstić information content (AvgIpc) is 2.19. The van der Waals surface area contributed by atoms with Gasteiger partial charge in [-0.2, -0.15) is 0 Å². The van der Waals surface area contributed by atoms with E-state index < -0.39 is 0 Å². The summed E-state index contributed by atoms with van der Waals surface area (Å²) in [5.41, 5.74) is 2.66. The predicted molar refractivity (Wildman–Crippen MR) is 56.4 cm³/mol. The number of benzene rings is 2. The lowest BCUT2D eigenvalue weighted by Crippen LogP contribution is -1.89. The maximum atomic E-state index is 2.16. The SMILES string of the molecule is [CH]1C=Cc2cccc3cccc1c23. The number of rotatable bonds is 0. The zero-order chi connectivity index (χ0) is 8.67. The predicted octanol–water partition coefficient (Wildman–Crippen LogP) is 3.42. The van der Waals surface area contributed by atoms with Crippen molar-refractivity contribution in [2.45, 2.75) is 0 Å². The Morgan fingerprint density at radius 2 is 1.54 bits per heavy atom. The van der Waals surface area contributed by atoms with Gasteiger partial charge in [-0.05, 0) is 21.9 Å². The highest BCUT2D eigenvalue weighted by molar-refractivity contribution is 5.96. The normalized spacial score (nSPS) is 13.5. The number of hydrogen-bond donors (Lipinski definition) is 0. The third-order valence-electron chi connectivity index (χ3n) is 2.52. The van der Waals surface area contributed by atoms with Crippen molar-refractivity contribution in [2.75, 3.05) is 0 Å². The molecule has 0 N–H and O–H groups in total. The van der Waals surface area contributed by atoms with Crippen LogP contribution in [0.4, 0.5) is 0 Å². The molecule has 0 spiro atoms. The van der Waals surface area contributed by atoms with Crippen LogP contribution in [0.15, 0.2) is 42.5 Å². The Balaban J connectivity index is 2.56. The Kier molecular flexibility index (Phi) is 1.31. The molecular formula is C13H9. The second-order valence-electron chi connectivity index (χ2n) is 3.32. The summed E-state index contributed by atoms with van der Waals surface area (Å²) in [6, 6.07) is 12.9. The van der Waals surface area contributed by atoms with Crippen LogP contribution >= 0.6 is 0 Å². The molecule has 1 aliphatic carbocycles. The van der Waals surface area contributed by atoms with Crippen LogP contribution in [-0.2, 0) is 0 Å². The fourth-order valence-electron chi connectivity index (χ4n) is 1.93. The third-order valence-corrected chi connectivity index (χ3v) is 2.52. The highest BCUT2D eigenvalue weighted by atomic mass is 14.1. The molecule has 1 radical (unpaired) electrons. The van der Waals surface area contributed by atoms with Gasteiger partial charge in [-0.15, -0.1) is 0 Å². The van der Waals surface area contributed by atoms with E-state index in [2.05, 4.69) is 55.0 Å². The molecule has 0 amide bonds. The molecule has 0 aliphatic heterocycles. The van der Waals surface area contributed by atoms with Gasteiger partial charge in [0.15, 0.2) is 0 Å². The zero-order valence-corrected chi connectivity index (χ0v) is 7.20. The van der Waals surface area contributed by atoms with Crippen LogP contribution in [-0.4, -0.2) is 0 Å². The summed E-state index contributed by atoms with van der Waals surface area (Å²) in [5.74, 6) is 0. The topological polar surface area (TPSA) is 0 Å². The molecule has 0 saturated heterocycles. The number of allylic oxidation sites excluding steroid dienone is 1. The summed E-state index contributed by atoms with van der Waals surface area (Å²) in [5, 5.41) is 2.71. The molecule has 0 heterocycles. The average molecular weight is 165 g/mol. The van der Waals surface area contributed by atoms with Crippen molar-refractivity contribution < 1.29 is 0 Å². The van der Waals surface area contributed by atoms with E-state index in [0.29, 0.717) is 0 Å². The lowest BCUT2D eigenvalue weighted by Gasteiger charge is -2.11. The Hall–Kier alpha value is -1.56. The van der Waals surface area contributed by atoms with Crippen molar-refractivity contribution in [3.05, 3.63) is 60.0 Å². The molecule has 2 aromatic rings. The summed E-state index contributed by atoms with van der Waals surface area (Å²) < 4.78 is 0. The van der Waals surface area contributed by atoms with Crippen LogP contribution < -0.4 is 0 Å². The molecule has 3 rings (SSSR count). The van der Waals surface area contributed by atoms with E-state index in [1.54, 1.807) is 0 Å². The monoisotopic (exact) mass is 165 g/mol. The van der Waals surface area contributed by atoms with E-state index in [1.165, 1.54) is 21.9 Å². The maximum Gasteiger partial charge on any atom is 0.0131 e. The fraction of sp³-hybridized carbons (Fsp3) is 0. The zero-order valence-electron chi connectivity index (χ0n) is 7.20. The van der Waals surface area contributed by atoms with Crippen molar-refractivity contribution in [1.82, 2.24) is 0 Å².